The van der Waals surface area contributed by atoms with E-state index in [-0.39, 0.29) is 30.6 Å². The average molecular weight is 668 g/mol. The summed E-state index contributed by atoms with van der Waals surface area (Å²) in [5.74, 6) is 0.0113. The van der Waals surface area contributed by atoms with Crippen LogP contribution < -0.4 is 10.6 Å². The van der Waals surface area contributed by atoms with E-state index in [4.69, 9.17) is 9.47 Å². The number of ether oxygens (including phenoxy) is 2. The minimum atomic E-state index is -0.516. The van der Waals surface area contributed by atoms with Crippen molar-refractivity contribution in [3.8, 4) is 11.1 Å². The zero-order chi connectivity index (χ0) is 34.4. The molecule has 2 amide bonds. The number of nitrogens with zero attached hydrogens (tertiary/aromatic N) is 1. The van der Waals surface area contributed by atoms with Gasteiger partial charge in [-0.3, -0.25) is 14.5 Å². The largest absolute Gasteiger partial charge is 0.392 e. The number of hydrogen-bond acceptors (Lipinski definition) is 6. The monoisotopic (exact) mass is 667 g/mol. The minimum absolute atomic E-state index is 0.0111. The molecule has 2 aliphatic rings. The molecule has 3 aromatic rings. The van der Waals surface area contributed by atoms with Gasteiger partial charge in [-0.05, 0) is 53.5 Å². The molecule has 0 spiro atoms. The van der Waals surface area contributed by atoms with Gasteiger partial charge in [-0.2, -0.15) is 0 Å². The summed E-state index contributed by atoms with van der Waals surface area (Å²) in [6.45, 7) is 8.35. The highest BCUT2D eigenvalue weighted by molar-refractivity contribution is 5.76. The first-order valence-electron chi connectivity index (χ1n) is 18.0. The maximum Gasteiger partial charge on any atom is 0.220 e. The molecule has 1 heterocycles. The zero-order valence-corrected chi connectivity index (χ0v) is 28.9. The SMILES string of the molecule is C=CCN(C[C@@H]1C[C@H](c2ccc(CO)cc2)O[C@H](c2ccc(-c3ccccc3CNC(=O)CCCCCNC(C)=O)cc2)O1)C1CCCC1. The summed E-state index contributed by atoms with van der Waals surface area (Å²) >= 11 is 0. The van der Waals surface area contributed by atoms with Gasteiger partial charge < -0.3 is 25.2 Å². The fourth-order valence-corrected chi connectivity index (χ4v) is 7.01. The molecule has 0 aromatic heterocycles. The molecule has 0 radical (unpaired) electrons. The van der Waals surface area contributed by atoms with Crippen LogP contribution in [-0.4, -0.2) is 53.6 Å². The Morgan fingerprint density at radius 1 is 0.918 bits per heavy atom. The number of aliphatic hydroxyl groups excluding tert-OH is 1. The highest BCUT2D eigenvalue weighted by Crippen LogP contribution is 2.39. The number of rotatable bonds is 17. The summed E-state index contributed by atoms with van der Waals surface area (Å²) in [7, 11) is 0. The third-order valence-electron chi connectivity index (χ3n) is 9.70. The highest BCUT2D eigenvalue weighted by Gasteiger charge is 2.34. The van der Waals surface area contributed by atoms with Crippen molar-refractivity contribution in [3.63, 3.8) is 0 Å². The van der Waals surface area contributed by atoms with E-state index < -0.39 is 6.29 Å². The van der Waals surface area contributed by atoms with Gasteiger partial charge >= 0.3 is 0 Å². The first kappa shape index (κ1) is 36.5. The maximum absolute atomic E-state index is 12.6. The van der Waals surface area contributed by atoms with E-state index in [0.29, 0.717) is 25.6 Å². The Morgan fingerprint density at radius 3 is 2.37 bits per heavy atom. The Labute approximate surface area is 291 Å². The van der Waals surface area contributed by atoms with E-state index in [2.05, 4.69) is 70.6 Å². The average Bonchev–Trinajstić information content (AvgIpc) is 3.67. The third-order valence-corrected chi connectivity index (χ3v) is 9.70. The van der Waals surface area contributed by atoms with Crippen molar-refractivity contribution >= 4 is 11.8 Å². The Morgan fingerprint density at radius 2 is 1.65 bits per heavy atom. The molecule has 3 N–H and O–H groups in total. The third kappa shape index (κ3) is 10.8. The van der Waals surface area contributed by atoms with E-state index in [0.717, 1.165) is 72.2 Å². The van der Waals surface area contributed by atoms with Crippen LogP contribution in [0.5, 0.6) is 0 Å². The van der Waals surface area contributed by atoms with Crippen LogP contribution in [0.15, 0.2) is 85.5 Å². The van der Waals surface area contributed by atoms with Crippen molar-refractivity contribution in [2.75, 3.05) is 19.6 Å². The van der Waals surface area contributed by atoms with Gasteiger partial charge in [0.25, 0.3) is 0 Å². The predicted molar refractivity (Wildman–Crippen MR) is 193 cm³/mol. The molecule has 3 atom stereocenters. The van der Waals surface area contributed by atoms with E-state index in [1.54, 1.807) is 0 Å². The van der Waals surface area contributed by atoms with Crippen LogP contribution >= 0.6 is 0 Å². The molecule has 1 saturated carbocycles. The summed E-state index contributed by atoms with van der Waals surface area (Å²) in [6.07, 6.45) is 10.1. The first-order chi connectivity index (χ1) is 23.9. The van der Waals surface area contributed by atoms with Crippen LogP contribution in [0.25, 0.3) is 11.1 Å². The van der Waals surface area contributed by atoms with Crippen molar-refractivity contribution in [2.24, 2.45) is 0 Å². The van der Waals surface area contributed by atoms with Crippen molar-refractivity contribution < 1.29 is 24.2 Å². The zero-order valence-electron chi connectivity index (χ0n) is 28.9. The van der Waals surface area contributed by atoms with Crippen LogP contribution in [0.3, 0.4) is 0 Å². The number of benzene rings is 3. The van der Waals surface area contributed by atoms with E-state index in [1.807, 2.05) is 30.3 Å². The Bertz CT molecular complexity index is 1490. The number of carbonyl (C=O) groups excluding carboxylic acids is 2. The van der Waals surface area contributed by atoms with Crippen LogP contribution in [0, 0.1) is 0 Å². The normalized spacial score (nSPS) is 19.5. The minimum Gasteiger partial charge on any atom is -0.392 e. The van der Waals surface area contributed by atoms with Gasteiger partial charge in [0, 0.05) is 57.5 Å². The summed E-state index contributed by atoms with van der Waals surface area (Å²) < 4.78 is 13.3. The fourth-order valence-electron chi connectivity index (χ4n) is 7.01. The smallest absolute Gasteiger partial charge is 0.220 e. The van der Waals surface area contributed by atoms with E-state index >= 15 is 0 Å². The molecule has 49 heavy (non-hydrogen) atoms. The van der Waals surface area contributed by atoms with Crippen molar-refractivity contribution in [2.45, 2.75) is 102 Å². The second-order valence-corrected chi connectivity index (χ2v) is 13.4. The molecule has 3 aromatic carbocycles. The number of carbonyl (C=O) groups is 2. The van der Waals surface area contributed by atoms with Crippen LogP contribution in [0.2, 0.25) is 0 Å². The van der Waals surface area contributed by atoms with Crippen molar-refractivity contribution in [1.29, 1.82) is 0 Å². The molecule has 5 rings (SSSR count). The molecule has 0 unspecified atom stereocenters. The Balaban J connectivity index is 1.25. The predicted octanol–water partition coefficient (Wildman–Crippen LogP) is 7.13. The van der Waals surface area contributed by atoms with Gasteiger partial charge in [0.15, 0.2) is 6.29 Å². The molecule has 8 heteroatoms. The van der Waals surface area contributed by atoms with Gasteiger partial charge in [-0.25, -0.2) is 0 Å². The van der Waals surface area contributed by atoms with Gasteiger partial charge in [0.2, 0.25) is 11.8 Å². The Kier molecular flexibility index (Phi) is 14.0. The van der Waals surface area contributed by atoms with Crippen molar-refractivity contribution in [3.05, 3.63) is 108 Å². The van der Waals surface area contributed by atoms with Crippen LogP contribution in [0.4, 0.5) is 0 Å². The molecule has 1 aliphatic heterocycles. The number of nitrogens with one attached hydrogen (secondary N) is 2. The quantitative estimate of drug-likeness (QED) is 0.105. The second kappa shape index (κ2) is 18.8. The molecular weight excluding hydrogens is 614 g/mol. The van der Waals surface area contributed by atoms with Gasteiger partial charge in [0.05, 0.1) is 18.8 Å². The summed E-state index contributed by atoms with van der Waals surface area (Å²) in [6, 6.07) is 25.2. The molecule has 1 aliphatic carbocycles. The standard InChI is InChI=1S/C41H53N3O5/c1-3-25-44(36-12-7-8-13-36)28-37-26-39(33-18-16-31(29-45)17-19-33)49-41(48-37)34-22-20-32(21-23-34)38-14-9-6-11-35(38)27-43-40(47)15-5-4-10-24-42-30(2)46/h3,6,9,11,14,16-23,36-37,39,41,45H,1,4-5,7-8,10,12-13,15,24-29H2,2H3,(H,42,46)(H,43,47)/t37-,39+,41+/m0/s1. The van der Waals surface area contributed by atoms with Crippen LogP contribution in [0.1, 0.15) is 99.4 Å². The molecule has 262 valence electrons. The lowest BCUT2D eigenvalue weighted by molar-refractivity contribution is -0.253. The van der Waals surface area contributed by atoms with Gasteiger partial charge in [-0.15, -0.1) is 6.58 Å². The number of hydrogen-bond donors (Lipinski definition) is 3. The summed E-state index contributed by atoms with van der Waals surface area (Å²) in [5.41, 5.74) is 6.13. The number of amides is 2. The molecule has 1 saturated heterocycles. The van der Waals surface area contributed by atoms with E-state index in [9.17, 15) is 14.7 Å². The number of aliphatic hydroxyl groups is 1. The molecular formula is C41H53N3O5. The van der Waals surface area contributed by atoms with Gasteiger partial charge in [-0.1, -0.05) is 98.1 Å². The van der Waals surface area contributed by atoms with Gasteiger partial charge in [0.1, 0.15) is 0 Å². The first-order valence-corrected chi connectivity index (χ1v) is 18.0. The summed E-state index contributed by atoms with van der Waals surface area (Å²) in [4.78, 5) is 26.1. The lowest BCUT2D eigenvalue weighted by Gasteiger charge is -2.39. The maximum atomic E-state index is 12.6. The second-order valence-electron chi connectivity index (χ2n) is 13.4. The molecule has 0 bridgehead atoms. The molecule has 2 fully saturated rings. The Hall–Kier alpha value is -3.82. The lowest BCUT2D eigenvalue weighted by Crippen LogP contribution is -2.43. The van der Waals surface area contributed by atoms with Crippen LogP contribution in [-0.2, 0) is 32.2 Å². The highest BCUT2D eigenvalue weighted by atomic mass is 16.7. The topological polar surface area (TPSA) is 100 Å². The molecule has 8 nitrogen and oxygen atoms in total. The van der Waals surface area contributed by atoms with Crippen molar-refractivity contribution in [1.82, 2.24) is 15.5 Å². The summed E-state index contributed by atoms with van der Waals surface area (Å²) in [5, 5.41) is 15.5. The van der Waals surface area contributed by atoms with E-state index in [1.165, 1.54) is 32.6 Å². The fraction of sp³-hybridized carbons (Fsp3) is 0.463. The number of unbranched alkanes of at least 4 members (excludes halogenated alkanes) is 2. The lowest BCUT2D eigenvalue weighted by atomic mass is 9.97.